The molecule has 0 aliphatic heterocycles. The number of guanidine groups is 1. The smallest absolute Gasteiger partial charge is 0.223 e. The number of carbonyl (C=O) groups excluding carboxylic acids is 1. The van der Waals surface area contributed by atoms with Gasteiger partial charge < -0.3 is 16.4 Å². The summed E-state index contributed by atoms with van der Waals surface area (Å²) in [6, 6.07) is 1.82. The van der Waals surface area contributed by atoms with Gasteiger partial charge in [0.15, 0.2) is 16.9 Å². The number of amides is 1. The molecule has 0 saturated heterocycles. The van der Waals surface area contributed by atoms with Crippen LogP contribution in [0.15, 0.2) is 22.6 Å². The number of anilines is 1. The first kappa shape index (κ1) is 22.1. The third kappa shape index (κ3) is 6.76. The van der Waals surface area contributed by atoms with Crippen molar-refractivity contribution in [2.75, 3.05) is 11.9 Å². The summed E-state index contributed by atoms with van der Waals surface area (Å²) >= 11 is 1.43. The molecule has 1 saturated carbocycles. The molecule has 2 heterocycles. The topological polar surface area (TPSA) is 118 Å². The Kier molecular flexibility index (Phi) is 8.55. The number of thiazole rings is 1. The highest BCUT2D eigenvalue weighted by Gasteiger charge is 2.20. The highest BCUT2D eigenvalue weighted by Crippen LogP contribution is 2.24. The predicted molar refractivity (Wildman–Crippen MR) is 121 cm³/mol. The van der Waals surface area contributed by atoms with Gasteiger partial charge in [0.25, 0.3) is 0 Å². The summed E-state index contributed by atoms with van der Waals surface area (Å²) in [5.41, 5.74) is 7.36. The summed E-state index contributed by atoms with van der Waals surface area (Å²) in [6.45, 7) is 3.27. The van der Waals surface area contributed by atoms with E-state index in [0.29, 0.717) is 35.7 Å². The minimum absolute atomic E-state index is 0.128. The largest absolute Gasteiger partial charge is 0.370 e. The summed E-state index contributed by atoms with van der Waals surface area (Å²) in [6.07, 6.45) is 10.5. The monoisotopic (exact) mass is 429 g/mol. The number of aromatic nitrogens is 3. The van der Waals surface area contributed by atoms with E-state index in [-0.39, 0.29) is 11.8 Å². The Morgan fingerprint density at radius 1 is 1.27 bits per heavy atom. The number of hydrogen-bond acceptors (Lipinski definition) is 6. The maximum Gasteiger partial charge on any atom is 0.223 e. The van der Waals surface area contributed by atoms with Crippen LogP contribution < -0.4 is 16.4 Å². The molecule has 8 nitrogen and oxygen atoms in total. The number of nitrogens with one attached hydrogen (secondary N) is 2. The molecule has 0 unspecified atom stereocenters. The maximum absolute atomic E-state index is 12.3. The van der Waals surface area contributed by atoms with Gasteiger partial charge in [-0.25, -0.2) is 15.0 Å². The van der Waals surface area contributed by atoms with Crippen molar-refractivity contribution in [1.29, 1.82) is 0 Å². The third-order valence-electron chi connectivity index (χ3n) is 5.15. The second-order valence-corrected chi connectivity index (χ2v) is 8.42. The molecule has 3 rings (SSSR count). The van der Waals surface area contributed by atoms with E-state index in [1.807, 2.05) is 11.4 Å². The summed E-state index contributed by atoms with van der Waals surface area (Å²) in [5.74, 6) is 1.17. The summed E-state index contributed by atoms with van der Waals surface area (Å²) < 4.78 is 0. The standard InChI is InChI=1S/C21H31N7OS/c1-2-3-7-11-24-20(22)28-21-27-17(14-30-21)18-23-12-10-16(26-18)13-25-19(29)15-8-5-4-6-9-15/h10,12,14-15H,2-9,11,13H2,1H3,(H,25,29)(H3,22,24,27,28). The van der Waals surface area contributed by atoms with E-state index < -0.39 is 0 Å². The molecule has 9 heteroatoms. The zero-order valence-electron chi connectivity index (χ0n) is 17.6. The van der Waals surface area contributed by atoms with Gasteiger partial charge in [0.05, 0.1) is 12.2 Å². The first-order chi connectivity index (χ1) is 14.7. The lowest BCUT2D eigenvalue weighted by Gasteiger charge is -2.20. The fourth-order valence-electron chi connectivity index (χ4n) is 3.45. The molecular weight excluding hydrogens is 398 g/mol. The second-order valence-electron chi connectivity index (χ2n) is 7.56. The van der Waals surface area contributed by atoms with E-state index in [2.05, 4.69) is 37.5 Å². The number of nitrogens with zero attached hydrogens (tertiary/aromatic N) is 4. The maximum atomic E-state index is 12.3. The molecule has 2 aromatic heterocycles. The predicted octanol–water partition coefficient (Wildman–Crippen LogP) is 3.71. The number of rotatable bonds is 9. The quantitative estimate of drug-likeness (QED) is 0.318. The zero-order chi connectivity index (χ0) is 21.2. The fourth-order valence-corrected chi connectivity index (χ4v) is 4.14. The molecule has 1 aliphatic carbocycles. The lowest BCUT2D eigenvalue weighted by atomic mass is 9.89. The van der Waals surface area contributed by atoms with Crippen molar-refractivity contribution in [2.24, 2.45) is 16.6 Å². The normalized spacial score (nSPS) is 15.2. The average molecular weight is 430 g/mol. The zero-order valence-corrected chi connectivity index (χ0v) is 18.4. The number of carbonyl (C=O) groups is 1. The van der Waals surface area contributed by atoms with Crippen molar-refractivity contribution < 1.29 is 4.79 Å². The van der Waals surface area contributed by atoms with Gasteiger partial charge in [0.2, 0.25) is 5.91 Å². The van der Waals surface area contributed by atoms with Crippen LogP contribution >= 0.6 is 11.3 Å². The number of hydrogen-bond donors (Lipinski definition) is 3. The summed E-state index contributed by atoms with van der Waals surface area (Å²) in [5, 5.41) is 8.57. The fraction of sp³-hybridized carbons (Fsp3) is 0.571. The van der Waals surface area contributed by atoms with E-state index in [1.165, 1.54) is 17.8 Å². The number of unbranched alkanes of at least 4 members (excludes halogenated alkanes) is 2. The molecule has 162 valence electrons. The first-order valence-corrected chi connectivity index (χ1v) is 11.7. The van der Waals surface area contributed by atoms with Crippen LogP contribution in [-0.4, -0.2) is 33.4 Å². The molecule has 0 atom stereocenters. The number of aliphatic imine (C=N–C) groups is 1. The highest BCUT2D eigenvalue weighted by atomic mass is 32.1. The van der Waals surface area contributed by atoms with Crippen molar-refractivity contribution in [3.05, 3.63) is 23.3 Å². The average Bonchev–Trinajstić information content (AvgIpc) is 3.24. The molecule has 0 bridgehead atoms. The van der Waals surface area contributed by atoms with Crippen molar-refractivity contribution in [3.8, 4) is 11.5 Å². The number of nitrogens with two attached hydrogens (primary N) is 1. The summed E-state index contributed by atoms with van der Waals surface area (Å²) in [7, 11) is 0. The lowest BCUT2D eigenvalue weighted by Crippen LogP contribution is -2.31. The van der Waals surface area contributed by atoms with E-state index in [1.54, 1.807) is 6.20 Å². The van der Waals surface area contributed by atoms with Crippen LogP contribution in [0, 0.1) is 5.92 Å². The molecule has 1 fully saturated rings. The first-order valence-electron chi connectivity index (χ1n) is 10.8. The molecule has 2 aromatic rings. The van der Waals surface area contributed by atoms with Gasteiger partial charge >= 0.3 is 0 Å². The Hall–Kier alpha value is -2.55. The van der Waals surface area contributed by atoms with Crippen LogP contribution in [0.4, 0.5) is 5.13 Å². The minimum Gasteiger partial charge on any atom is -0.370 e. The Morgan fingerprint density at radius 2 is 2.10 bits per heavy atom. The molecule has 0 radical (unpaired) electrons. The van der Waals surface area contributed by atoms with E-state index >= 15 is 0 Å². The van der Waals surface area contributed by atoms with Crippen LogP contribution in [-0.2, 0) is 11.3 Å². The van der Waals surface area contributed by atoms with Crippen molar-refractivity contribution in [3.63, 3.8) is 0 Å². The Bertz CT molecular complexity index is 845. The molecule has 0 aromatic carbocycles. The van der Waals surface area contributed by atoms with Crippen LogP contribution in [0.2, 0.25) is 0 Å². The van der Waals surface area contributed by atoms with Gasteiger partial charge in [-0.2, -0.15) is 0 Å². The third-order valence-corrected chi connectivity index (χ3v) is 5.90. The van der Waals surface area contributed by atoms with E-state index in [9.17, 15) is 4.79 Å². The van der Waals surface area contributed by atoms with E-state index in [4.69, 9.17) is 5.73 Å². The molecule has 1 amide bonds. The molecular formula is C21H31N7OS. The van der Waals surface area contributed by atoms with Crippen LogP contribution in [0.5, 0.6) is 0 Å². The minimum atomic E-state index is 0.128. The van der Waals surface area contributed by atoms with Gasteiger partial charge in [-0.05, 0) is 25.3 Å². The summed E-state index contributed by atoms with van der Waals surface area (Å²) in [4.78, 5) is 30.0. The van der Waals surface area contributed by atoms with E-state index in [0.717, 1.165) is 50.6 Å². The van der Waals surface area contributed by atoms with Crippen molar-refractivity contribution in [1.82, 2.24) is 20.3 Å². The Morgan fingerprint density at radius 3 is 2.90 bits per heavy atom. The molecule has 0 spiro atoms. The van der Waals surface area contributed by atoms with Gasteiger partial charge in [0, 0.05) is 24.0 Å². The van der Waals surface area contributed by atoms with Gasteiger partial charge in [0.1, 0.15) is 5.69 Å². The van der Waals surface area contributed by atoms with Crippen molar-refractivity contribution >= 4 is 28.3 Å². The second kappa shape index (κ2) is 11.6. The van der Waals surface area contributed by atoms with Crippen LogP contribution in [0.1, 0.15) is 64.0 Å². The highest BCUT2D eigenvalue weighted by molar-refractivity contribution is 7.14. The van der Waals surface area contributed by atoms with Crippen LogP contribution in [0.3, 0.4) is 0 Å². The molecule has 4 N–H and O–H groups in total. The van der Waals surface area contributed by atoms with Crippen LogP contribution in [0.25, 0.3) is 11.5 Å². The Labute approximate surface area is 181 Å². The SMILES string of the molecule is CCCCCN=C(N)Nc1nc(-c2nccc(CNC(=O)C3CCCCC3)n2)cs1. The molecule has 1 aliphatic rings. The van der Waals surface area contributed by atoms with Gasteiger partial charge in [-0.3, -0.25) is 9.79 Å². The lowest BCUT2D eigenvalue weighted by molar-refractivity contribution is -0.126. The van der Waals surface area contributed by atoms with Crippen molar-refractivity contribution in [2.45, 2.75) is 64.8 Å². The van der Waals surface area contributed by atoms with Gasteiger partial charge in [-0.15, -0.1) is 11.3 Å². The van der Waals surface area contributed by atoms with Gasteiger partial charge in [-0.1, -0.05) is 39.0 Å². The molecule has 30 heavy (non-hydrogen) atoms. The Balaban J connectivity index is 1.54.